The van der Waals surface area contributed by atoms with Gasteiger partial charge >= 0.3 is 0 Å². The first-order chi connectivity index (χ1) is 7.29. The first-order valence-corrected chi connectivity index (χ1v) is 5.72. The molecule has 15 heavy (non-hydrogen) atoms. The monoisotopic (exact) mass is 268 g/mol. The fourth-order valence-electron chi connectivity index (χ4n) is 1.60. The number of ether oxygens (including phenoxy) is 1. The molecule has 1 aliphatic heterocycles. The van der Waals surface area contributed by atoms with Crippen LogP contribution >= 0.6 is 15.9 Å². The largest absolute Gasteiger partial charge is 0.474 e. The van der Waals surface area contributed by atoms with Gasteiger partial charge in [-0.2, -0.15) is 0 Å². The van der Waals surface area contributed by atoms with Gasteiger partial charge in [-0.15, -0.1) is 0 Å². The fraction of sp³-hybridized carbons (Fsp3) is 0.364. The van der Waals surface area contributed by atoms with Crippen LogP contribution in [-0.4, -0.2) is 25.1 Å². The molecule has 3 nitrogen and oxygen atoms in total. The van der Waals surface area contributed by atoms with Crippen molar-refractivity contribution < 1.29 is 4.74 Å². The van der Waals surface area contributed by atoms with Crippen molar-refractivity contribution in [2.45, 2.75) is 12.5 Å². The number of benzene rings is 1. The molecule has 1 aliphatic rings. The van der Waals surface area contributed by atoms with Crippen molar-refractivity contribution in [3.05, 3.63) is 34.3 Å². The van der Waals surface area contributed by atoms with Gasteiger partial charge in [0.1, 0.15) is 6.10 Å². The first-order valence-electron chi connectivity index (χ1n) is 4.93. The third-order valence-corrected chi connectivity index (χ3v) is 3.13. The molecule has 0 aromatic heterocycles. The van der Waals surface area contributed by atoms with Crippen LogP contribution in [0.5, 0.6) is 0 Å². The third kappa shape index (κ3) is 2.58. The van der Waals surface area contributed by atoms with Crippen molar-refractivity contribution in [2.75, 3.05) is 13.1 Å². The van der Waals surface area contributed by atoms with Crippen molar-refractivity contribution in [2.24, 2.45) is 10.7 Å². The van der Waals surface area contributed by atoms with E-state index in [2.05, 4.69) is 27.0 Å². The fourth-order valence-corrected chi connectivity index (χ4v) is 2.05. The number of nitrogens with zero attached hydrogens (tertiary/aromatic N) is 1. The molecule has 0 amide bonds. The molecule has 0 spiro atoms. The van der Waals surface area contributed by atoms with E-state index in [1.54, 1.807) is 0 Å². The summed E-state index contributed by atoms with van der Waals surface area (Å²) < 4.78 is 6.69. The van der Waals surface area contributed by atoms with Crippen LogP contribution in [0.2, 0.25) is 0 Å². The minimum Gasteiger partial charge on any atom is -0.474 e. The lowest BCUT2D eigenvalue weighted by molar-refractivity contribution is 0.221. The number of aliphatic imine (C=N–C) groups is 1. The van der Waals surface area contributed by atoms with E-state index in [0.717, 1.165) is 10.9 Å². The number of hydrogen-bond donors (Lipinski definition) is 1. The van der Waals surface area contributed by atoms with Gasteiger partial charge in [0, 0.05) is 10.9 Å². The molecule has 80 valence electrons. The summed E-state index contributed by atoms with van der Waals surface area (Å²) in [7, 11) is 0. The highest BCUT2D eigenvalue weighted by Gasteiger charge is 2.19. The normalized spacial score (nSPS) is 19.9. The van der Waals surface area contributed by atoms with Crippen LogP contribution < -0.4 is 5.73 Å². The topological polar surface area (TPSA) is 47.6 Å². The van der Waals surface area contributed by atoms with E-state index >= 15 is 0 Å². The Hall–Kier alpha value is -0.870. The number of hydrogen-bond acceptors (Lipinski definition) is 3. The van der Waals surface area contributed by atoms with Gasteiger partial charge in [-0.25, -0.2) is 0 Å². The molecule has 0 radical (unpaired) electrons. The summed E-state index contributed by atoms with van der Waals surface area (Å²) in [5.41, 5.74) is 6.70. The van der Waals surface area contributed by atoms with Crippen LogP contribution in [0.15, 0.2) is 33.7 Å². The second-order valence-corrected chi connectivity index (χ2v) is 4.33. The highest BCUT2D eigenvalue weighted by molar-refractivity contribution is 9.10. The Morgan fingerprint density at radius 1 is 1.47 bits per heavy atom. The SMILES string of the molecule is NCC1=NCC(Cc2ccccc2Br)O1. The van der Waals surface area contributed by atoms with Gasteiger partial charge in [-0.05, 0) is 11.6 Å². The van der Waals surface area contributed by atoms with Crippen LogP contribution in [0.3, 0.4) is 0 Å². The van der Waals surface area contributed by atoms with E-state index in [9.17, 15) is 0 Å². The van der Waals surface area contributed by atoms with Crippen molar-refractivity contribution in [3.63, 3.8) is 0 Å². The van der Waals surface area contributed by atoms with Crippen LogP contribution in [0.25, 0.3) is 0 Å². The molecule has 1 aromatic rings. The average molecular weight is 269 g/mol. The quantitative estimate of drug-likeness (QED) is 0.908. The maximum absolute atomic E-state index is 5.57. The van der Waals surface area contributed by atoms with E-state index in [4.69, 9.17) is 10.5 Å². The third-order valence-electron chi connectivity index (χ3n) is 2.35. The van der Waals surface area contributed by atoms with Gasteiger partial charge in [0.15, 0.2) is 5.90 Å². The second kappa shape index (κ2) is 4.77. The van der Waals surface area contributed by atoms with E-state index in [1.807, 2.05) is 18.2 Å². The molecule has 2 N–H and O–H groups in total. The average Bonchev–Trinajstić information content (AvgIpc) is 2.69. The van der Waals surface area contributed by atoms with Crippen molar-refractivity contribution >= 4 is 21.8 Å². The Balaban J connectivity index is 1.97. The van der Waals surface area contributed by atoms with Gasteiger partial charge < -0.3 is 10.5 Å². The Bertz CT molecular complexity index is 379. The molecule has 4 heteroatoms. The zero-order valence-electron chi connectivity index (χ0n) is 8.32. The summed E-state index contributed by atoms with van der Waals surface area (Å²) in [6, 6.07) is 8.16. The van der Waals surface area contributed by atoms with E-state index in [0.29, 0.717) is 19.0 Å². The van der Waals surface area contributed by atoms with Crippen LogP contribution in [0.1, 0.15) is 5.56 Å². The van der Waals surface area contributed by atoms with Crippen LogP contribution in [0.4, 0.5) is 0 Å². The Morgan fingerprint density at radius 3 is 2.93 bits per heavy atom. The van der Waals surface area contributed by atoms with E-state index < -0.39 is 0 Å². The molecule has 1 heterocycles. The molecule has 0 bridgehead atoms. The summed E-state index contributed by atoms with van der Waals surface area (Å²) in [6.45, 7) is 1.11. The summed E-state index contributed by atoms with van der Waals surface area (Å²) in [5.74, 6) is 0.673. The second-order valence-electron chi connectivity index (χ2n) is 3.47. The van der Waals surface area contributed by atoms with Crippen LogP contribution in [-0.2, 0) is 11.2 Å². The maximum atomic E-state index is 5.57. The van der Waals surface area contributed by atoms with E-state index in [-0.39, 0.29) is 6.10 Å². The molecule has 1 atom stereocenters. The van der Waals surface area contributed by atoms with Gasteiger partial charge in [-0.1, -0.05) is 34.1 Å². The van der Waals surface area contributed by atoms with Gasteiger partial charge in [0.05, 0.1) is 13.1 Å². The lowest BCUT2D eigenvalue weighted by Gasteiger charge is -2.11. The number of nitrogens with two attached hydrogens (primary N) is 1. The molecule has 1 unspecified atom stereocenters. The predicted octanol–water partition coefficient (Wildman–Crippen LogP) is 1.75. The van der Waals surface area contributed by atoms with Gasteiger partial charge in [0.25, 0.3) is 0 Å². The Labute approximate surface area is 97.5 Å². The van der Waals surface area contributed by atoms with E-state index in [1.165, 1.54) is 5.56 Å². The molecular formula is C11H13BrN2O. The van der Waals surface area contributed by atoms with Crippen molar-refractivity contribution in [1.82, 2.24) is 0 Å². The molecule has 1 aromatic carbocycles. The summed E-state index contributed by atoms with van der Waals surface area (Å²) in [5, 5.41) is 0. The minimum atomic E-state index is 0.141. The smallest absolute Gasteiger partial charge is 0.197 e. The van der Waals surface area contributed by atoms with Crippen molar-refractivity contribution in [3.8, 4) is 0 Å². The number of rotatable bonds is 3. The number of halogens is 1. The lowest BCUT2D eigenvalue weighted by atomic mass is 10.1. The molecule has 0 aliphatic carbocycles. The highest BCUT2D eigenvalue weighted by atomic mass is 79.9. The molecule has 0 saturated carbocycles. The zero-order valence-corrected chi connectivity index (χ0v) is 9.90. The van der Waals surface area contributed by atoms with Gasteiger partial charge in [0.2, 0.25) is 0 Å². The molecule has 0 fully saturated rings. The molecular weight excluding hydrogens is 256 g/mol. The standard InChI is InChI=1S/C11H13BrN2O/c12-10-4-2-1-3-8(10)5-9-7-14-11(6-13)15-9/h1-4,9H,5-7,13H2. The Morgan fingerprint density at radius 2 is 2.27 bits per heavy atom. The maximum Gasteiger partial charge on any atom is 0.197 e. The molecule has 0 saturated heterocycles. The van der Waals surface area contributed by atoms with Gasteiger partial charge in [-0.3, -0.25) is 4.99 Å². The summed E-state index contributed by atoms with van der Waals surface area (Å²) >= 11 is 3.52. The molecule has 2 rings (SSSR count). The lowest BCUT2D eigenvalue weighted by Crippen LogP contribution is -2.20. The zero-order chi connectivity index (χ0) is 10.7. The summed E-state index contributed by atoms with van der Waals surface area (Å²) in [4.78, 5) is 4.22. The predicted molar refractivity (Wildman–Crippen MR) is 64.1 cm³/mol. The first kappa shape index (κ1) is 10.6. The summed E-state index contributed by atoms with van der Waals surface area (Å²) in [6.07, 6.45) is 1.01. The minimum absolute atomic E-state index is 0.141. The van der Waals surface area contributed by atoms with Crippen LogP contribution in [0, 0.1) is 0 Å². The highest BCUT2D eigenvalue weighted by Crippen LogP contribution is 2.19. The van der Waals surface area contributed by atoms with Crippen molar-refractivity contribution in [1.29, 1.82) is 0 Å². The Kier molecular flexibility index (Phi) is 3.38.